The molecule has 1 heteroatoms. The van der Waals surface area contributed by atoms with Crippen LogP contribution in [-0.4, -0.2) is 5.78 Å². The number of hydrogen-bond donors (Lipinski definition) is 0. The number of Topliss-reactive ketones (excluding diaryl/α,β-unsaturated/α-hetero) is 1. The summed E-state index contributed by atoms with van der Waals surface area (Å²) < 4.78 is 0. The van der Waals surface area contributed by atoms with Crippen LogP contribution < -0.4 is 0 Å². The molecule has 2 rings (SSSR count). The fraction of sp³-hybridized carbons (Fsp3) is 0.278. The molecule has 0 N–H and O–H groups in total. The number of carbonyl (C=O) groups is 1. The highest BCUT2D eigenvalue weighted by atomic mass is 16.1. The molecule has 0 fully saturated rings. The minimum Gasteiger partial charge on any atom is -0.295 e. The maximum atomic E-state index is 10.6. The van der Waals surface area contributed by atoms with Gasteiger partial charge in [0.15, 0.2) is 5.78 Å². The number of ketones is 1. The molecule has 2 aromatic carbocycles. The standard InChI is InChI=1S/C8H8O.C8H10.C2H6/c1-7(9)8-5-3-2-4-6-8;1-2-8-6-4-3-5-7-8;1-2/h2-6H,1H3;3-7H,2H2,1H3;1-2H3. The van der Waals surface area contributed by atoms with Crippen molar-refractivity contribution in [1.82, 2.24) is 0 Å². The van der Waals surface area contributed by atoms with Gasteiger partial charge in [-0.3, -0.25) is 4.79 Å². The molecule has 0 aliphatic heterocycles. The summed E-state index contributed by atoms with van der Waals surface area (Å²) in [5, 5.41) is 0. The fourth-order valence-corrected chi connectivity index (χ4v) is 1.39. The first kappa shape index (κ1) is 17.1. The van der Waals surface area contributed by atoms with Crippen molar-refractivity contribution >= 4 is 5.78 Å². The number of carbonyl (C=O) groups excluding carboxylic acids is 1. The summed E-state index contributed by atoms with van der Waals surface area (Å²) in [6.45, 7) is 7.73. The SMILES string of the molecule is CC.CC(=O)c1ccccc1.CCc1ccccc1. The second-order valence-electron chi connectivity index (χ2n) is 3.76. The Morgan fingerprint density at radius 3 is 1.53 bits per heavy atom. The highest BCUT2D eigenvalue weighted by molar-refractivity contribution is 5.93. The molecule has 102 valence electrons. The van der Waals surface area contributed by atoms with E-state index in [0.29, 0.717) is 0 Å². The normalized spacial score (nSPS) is 8.42. The van der Waals surface area contributed by atoms with Gasteiger partial charge in [0.2, 0.25) is 0 Å². The van der Waals surface area contributed by atoms with Crippen molar-refractivity contribution in [3.63, 3.8) is 0 Å². The van der Waals surface area contributed by atoms with E-state index in [-0.39, 0.29) is 5.78 Å². The lowest BCUT2D eigenvalue weighted by Crippen LogP contribution is -1.88. The monoisotopic (exact) mass is 256 g/mol. The summed E-state index contributed by atoms with van der Waals surface area (Å²) in [7, 11) is 0. The Morgan fingerprint density at radius 1 is 0.842 bits per heavy atom. The van der Waals surface area contributed by atoms with Gasteiger partial charge < -0.3 is 0 Å². The van der Waals surface area contributed by atoms with Crippen molar-refractivity contribution in [2.75, 3.05) is 0 Å². The third kappa shape index (κ3) is 7.93. The van der Waals surface area contributed by atoms with Gasteiger partial charge in [-0.2, -0.15) is 0 Å². The molecule has 0 aliphatic rings. The van der Waals surface area contributed by atoms with Gasteiger partial charge in [0.1, 0.15) is 0 Å². The van der Waals surface area contributed by atoms with Gasteiger partial charge in [0.05, 0.1) is 0 Å². The van der Waals surface area contributed by atoms with E-state index in [1.807, 2.05) is 50.2 Å². The molecular formula is C18H24O. The van der Waals surface area contributed by atoms with Gasteiger partial charge >= 0.3 is 0 Å². The fourth-order valence-electron chi connectivity index (χ4n) is 1.39. The Labute approximate surface area is 117 Å². The van der Waals surface area contributed by atoms with E-state index in [9.17, 15) is 4.79 Å². The topological polar surface area (TPSA) is 17.1 Å². The van der Waals surface area contributed by atoms with Gasteiger partial charge in [-0.1, -0.05) is 81.4 Å². The molecule has 0 aromatic heterocycles. The molecule has 0 radical (unpaired) electrons. The Balaban J connectivity index is 0.000000303. The summed E-state index contributed by atoms with van der Waals surface area (Å²) in [5.74, 6) is 0.121. The highest BCUT2D eigenvalue weighted by Crippen LogP contribution is 1.97. The van der Waals surface area contributed by atoms with E-state index >= 15 is 0 Å². The van der Waals surface area contributed by atoms with Crippen LogP contribution in [0.4, 0.5) is 0 Å². The van der Waals surface area contributed by atoms with E-state index in [1.54, 1.807) is 6.92 Å². The number of hydrogen-bond acceptors (Lipinski definition) is 1. The molecule has 0 atom stereocenters. The summed E-state index contributed by atoms with van der Waals surface area (Å²) in [5.41, 5.74) is 2.19. The molecule has 19 heavy (non-hydrogen) atoms. The van der Waals surface area contributed by atoms with E-state index in [2.05, 4.69) is 31.2 Å². The summed E-state index contributed by atoms with van der Waals surface area (Å²) in [6.07, 6.45) is 1.14. The molecular weight excluding hydrogens is 232 g/mol. The molecule has 0 spiro atoms. The minimum absolute atomic E-state index is 0.121. The molecule has 0 aliphatic carbocycles. The predicted molar refractivity (Wildman–Crippen MR) is 83.6 cm³/mol. The van der Waals surface area contributed by atoms with E-state index in [0.717, 1.165) is 12.0 Å². The second kappa shape index (κ2) is 11.2. The van der Waals surface area contributed by atoms with Crippen LogP contribution in [-0.2, 0) is 6.42 Å². The maximum Gasteiger partial charge on any atom is 0.159 e. The van der Waals surface area contributed by atoms with Gasteiger partial charge in [-0.25, -0.2) is 0 Å². The largest absolute Gasteiger partial charge is 0.295 e. The van der Waals surface area contributed by atoms with Crippen LogP contribution in [0.5, 0.6) is 0 Å². The van der Waals surface area contributed by atoms with Crippen molar-refractivity contribution < 1.29 is 4.79 Å². The number of benzene rings is 2. The van der Waals surface area contributed by atoms with Crippen LogP contribution in [0.3, 0.4) is 0 Å². The molecule has 0 unspecified atom stereocenters. The van der Waals surface area contributed by atoms with Crippen LogP contribution in [0.2, 0.25) is 0 Å². The van der Waals surface area contributed by atoms with Crippen LogP contribution in [0.15, 0.2) is 60.7 Å². The molecule has 1 nitrogen and oxygen atoms in total. The Kier molecular flexibility index (Phi) is 10.1. The zero-order chi connectivity index (χ0) is 14.5. The molecule has 0 saturated heterocycles. The van der Waals surface area contributed by atoms with Crippen LogP contribution in [0, 0.1) is 0 Å². The quantitative estimate of drug-likeness (QED) is 0.678. The lowest BCUT2D eigenvalue weighted by molar-refractivity contribution is 0.101. The molecule has 0 amide bonds. The van der Waals surface area contributed by atoms with Crippen molar-refractivity contribution in [3.05, 3.63) is 71.8 Å². The predicted octanol–water partition coefficient (Wildman–Crippen LogP) is 5.16. The first-order chi connectivity index (χ1) is 9.24. The van der Waals surface area contributed by atoms with Gasteiger partial charge in [-0.15, -0.1) is 0 Å². The Hall–Kier alpha value is -1.89. The average molecular weight is 256 g/mol. The molecule has 0 saturated carbocycles. The van der Waals surface area contributed by atoms with E-state index < -0.39 is 0 Å². The maximum absolute atomic E-state index is 10.6. The van der Waals surface area contributed by atoms with Crippen molar-refractivity contribution in [2.24, 2.45) is 0 Å². The van der Waals surface area contributed by atoms with Gasteiger partial charge in [0, 0.05) is 5.56 Å². The lowest BCUT2D eigenvalue weighted by Gasteiger charge is -1.89. The van der Waals surface area contributed by atoms with Gasteiger partial charge in [0.25, 0.3) is 0 Å². The van der Waals surface area contributed by atoms with Crippen molar-refractivity contribution in [2.45, 2.75) is 34.1 Å². The molecule has 2 aromatic rings. The second-order valence-corrected chi connectivity index (χ2v) is 3.76. The number of rotatable bonds is 2. The first-order valence-corrected chi connectivity index (χ1v) is 6.84. The van der Waals surface area contributed by atoms with Gasteiger partial charge in [-0.05, 0) is 18.9 Å². The lowest BCUT2D eigenvalue weighted by atomic mass is 10.2. The Bertz CT molecular complexity index is 432. The summed E-state index contributed by atoms with van der Waals surface area (Å²) in [6, 6.07) is 19.7. The summed E-state index contributed by atoms with van der Waals surface area (Å²) in [4.78, 5) is 10.6. The highest BCUT2D eigenvalue weighted by Gasteiger charge is 1.92. The van der Waals surface area contributed by atoms with Crippen molar-refractivity contribution in [1.29, 1.82) is 0 Å². The zero-order valence-electron chi connectivity index (χ0n) is 12.4. The summed E-state index contributed by atoms with van der Waals surface area (Å²) >= 11 is 0. The van der Waals surface area contributed by atoms with E-state index in [1.165, 1.54) is 5.56 Å². The minimum atomic E-state index is 0.121. The first-order valence-electron chi connectivity index (χ1n) is 6.84. The zero-order valence-corrected chi connectivity index (χ0v) is 12.4. The average Bonchev–Trinajstić information content (AvgIpc) is 2.51. The van der Waals surface area contributed by atoms with Crippen LogP contribution >= 0.6 is 0 Å². The third-order valence-electron chi connectivity index (χ3n) is 2.43. The third-order valence-corrected chi connectivity index (χ3v) is 2.43. The van der Waals surface area contributed by atoms with Crippen LogP contribution in [0.1, 0.15) is 43.6 Å². The molecule has 0 heterocycles. The van der Waals surface area contributed by atoms with Crippen LogP contribution in [0.25, 0.3) is 0 Å². The molecule has 0 bridgehead atoms. The van der Waals surface area contributed by atoms with E-state index in [4.69, 9.17) is 0 Å². The van der Waals surface area contributed by atoms with Crippen molar-refractivity contribution in [3.8, 4) is 0 Å². The smallest absolute Gasteiger partial charge is 0.159 e. The number of aryl methyl sites for hydroxylation is 1. The Morgan fingerprint density at radius 2 is 1.26 bits per heavy atom.